The molecule has 1 saturated carbocycles. The van der Waals surface area contributed by atoms with Crippen LogP contribution in [0.4, 0.5) is 5.69 Å². The van der Waals surface area contributed by atoms with Crippen molar-refractivity contribution >= 4 is 33.2 Å². The second-order valence-corrected chi connectivity index (χ2v) is 6.91. The molecule has 4 heteroatoms. The zero-order chi connectivity index (χ0) is 14.0. The smallest absolute Gasteiger partial charge is 0.125 e. The lowest BCUT2D eigenvalue weighted by Crippen LogP contribution is -2.43. The molecule has 1 aromatic rings. The summed E-state index contributed by atoms with van der Waals surface area (Å²) in [5.74, 6) is 1.26. The first-order valence-corrected chi connectivity index (χ1v) is 7.77. The minimum atomic E-state index is -0.445. The zero-order valence-electron chi connectivity index (χ0n) is 11.2. The number of nitriles is 1. The largest absolute Gasteiger partial charge is 0.367 e. The van der Waals surface area contributed by atoms with E-state index in [9.17, 15) is 5.26 Å². The summed E-state index contributed by atoms with van der Waals surface area (Å²) in [5.41, 5.74) is 0.499. The van der Waals surface area contributed by atoms with Crippen LogP contribution in [-0.2, 0) is 0 Å². The maximum Gasteiger partial charge on any atom is 0.125 e. The van der Waals surface area contributed by atoms with Gasteiger partial charge in [-0.3, -0.25) is 0 Å². The molecule has 3 unspecified atom stereocenters. The van der Waals surface area contributed by atoms with Crippen LogP contribution in [0.3, 0.4) is 0 Å². The number of benzene rings is 1. The Morgan fingerprint density at radius 3 is 2.74 bits per heavy atom. The van der Waals surface area contributed by atoms with E-state index in [0.29, 0.717) is 16.9 Å². The first kappa shape index (κ1) is 14.7. The molecule has 0 spiro atoms. The van der Waals surface area contributed by atoms with E-state index in [1.807, 2.05) is 18.2 Å². The third-order valence-electron chi connectivity index (χ3n) is 4.19. The molecule has 0 heterocycles. The second-order valence-electron chi connectivity index (χ2n) is 5.65. The molecule has 0 aromatic heterocycles. The normalized spacial score (nSPS) is 30.7. The van der Waals surface area contributed by atoms with Crippen molar-refractivity contribution in [3.05, 3.63) is 27.7 Å². The lowest BCUT2D eigenvalue weighted by atomic mass is 9.72. The van der Waals surface area contributed by atoms with Crippen LogP contribution >= 0.6 is 27.5 Å². The fraction of sp³-hybridized carbons (Fsp3) is 0.533. The molecule has 1 aliphatic carbocycles. The lowest BCUT2D eigenvalue weighted by Gasteiger charge is -2.39. The van der Waals surface area contributed by atoms with E-state index in [1.54, 1.807) is 0 Å². The maximum atomic E-state index is 9.58. The number of hydrogen-bond donors (Lipinski definition) is 1. The molecule has 0 aliphatic heterocycles. The summed E-state index contributed by atoms with van der Waals surface area (Å²) >= 11 is 9.41. The van der Waals surface area contributed by atoms with E-state index in [0.717, 1.165) is 29.4 Å². The Labute approximate surface area is 128 Å². The van der Waals surface area contributed by atoms with Gasteiger partial charge in [-0.2, -0.15) is 5.26 Å². The highest BCUT2D eigenvalue weighted by atomic mass is 79.9. The Balaban J connectivity index is 2.19. The molecule has 19 heavy (non-hydrogen) atoms. The number of halogens is 2. The van der Waals surface area contributed by atoms with Crippen molar-refractivity contribution in [3.8, 4) is 6.07 Å². The highest BCUT2D eigenvalue weighted by Crippen LogP contribution is 2.38. The number of hydrogen-bond acceptors (Lipinski definition) is 2. The van der Waals surface area contributed by atoms with Crippen LogP contribution in [0.1, 0.15) is 33.1 Å². The van der Waals surface area contributed by atoms with E-state index < -0.39 is 5.54 Å². The molecule has 0 amide bonds. The summed E-state index contributed by atoms with van der Waals surface area (Å²) in [7, 11) is 0. The minimum absolute atomic E-state index is 0.445. The maximum absolute atomic E-state index is 9.58. The van der Waals surface area contributed by atoms with E-state index in [4.69, 9.17) is 11.6 Å². The first-order valence-electron chi connectivity index (χ1n) is 6.60. The molecule has 1 N–H and O–H groups in total. The Bertz CT molecular complexity index is 511. The average Bonchev–Trinajstić information content (AvgIpc) is 2.39. The van der Waals surface area contributed by atoms with Gasteiger partial charge in [0.25, 0.3) is 0 Å². The molecule has 0 bridgehead atoms. The summed E-state index contributed by atoms with van der Waals surface area (Å²) in [4.78, 5) is 0. The summed E-state index contributed by atoms with van der Waals surface area (Å²) in [6, 6.07) is 8.19. The predicted octanol–water partition coefficient (Wildman–Crippen LogP) is 5.23. The molecule has 102 valence electrons. The lowest BCUT2D eigenvalue weighted by molar-refractivity contribution is 0.226. The average molecular weight is 342 g/mol. The summed E-state index contributed by atoms with van der Waals surface area (Å²) in [6.45, 7) is 4.50. The van der Waals surface area contributed by atoms with Crippen molar-refractivity contribution < 1.29 is 0 Å². The van der Waals surface area contributed by atoms with Gasteiger partial charge >= 0.3 is 0 Å². The number of anilines is 1. The van der Waals surface area contributed by atoms with Gasteiger partial charge in [0.1, 0.15) is 5.54 Å². The van der Waals surface area contributed by atoms with Gasteiger partial charge in [-0.05, 0) is 65.2 Å². The van der Waals surface area contributed by atoms with Crippen LogP contribution in [0.15, 0.2) is 22.7 Å². The van der Waals surface area contributed by atoms with E-state index in [2.05, 4.69) is 41.2 Å². The van der Waals surface area contributed by atoms with E-state index in [-0.39, 0.29) is 0 Å². The summed E-state index contributed by atoms with van der Waals surface area (Å²) in [5, 5.41) is 13.7. The third-order valence-corrected chi connectivity index (χ3v) is 5.40. The molecule has 3 atom stereocenters. The summed E-state index contributed by atoms with van der Waals surface area (Å²) < 4.78 is 0.851. The molecule has 0 radical (unpaired) electrons. The molecule has 1 aromatic carbocycles. The van der Waals surface area contributed by atoms with E-state index in [1.165, 1.54) is 0 Å². The van der Waals surface area contributed by atoms with E-state index >= 15 is 0 Å². The van der Waals surface area contributed by atoms with Crippen molar-refractivity contribution in [2.75, 3.05) is 5.32 Å². The van der Waals surface area contributed by atoms with Gasteiger partial charge < -0.3 is 5.32 Å². The SMILES string of the molecule is CC1CCC(C#N)(Nc2ccc(Cl)c(Br)c2)CC1C. The fourth-order valence-electron chi connectivity index (χ4n) is 2.70. The fourth-order valence-corrected chi connectivity index (χ4v) is 3.20. The van der Waals surface area contributed by atoms with Crippen LogP contribution in [0.25, 0.3) is 0 Å². The second kappa shape index (κ2) is 5.73. The molecule has 2 rings (SSSR count). The van der Waals surface area contributed by atoms with Crippen LogP contribution in [0, 0.1) is 23.2 Å². The molecular weight excluding hydrogens is 324 g/mol. The number of rotatable bonds is 2. The van der Waals surface area contributed by atoms with Gasteiger partial charge in [-0.15, -0.1) is 0 Å². The van der Waals surface area contributed by atoms with Crippen LogP contribution < -0.4 is 5.32 Å². The van der Waals surface area contributed by atoms with Crippen molar-refractivity contribution in [1.82, 2.24) is 0 Å². The molecule has 2 nitrogen and oxygen atoms in total. The van der Waals surface area contributed by atoms with Crippen molar-refractivity contribution in [3.63, 3.8) is 0 Å². The topological polar surface area (TPSA) is 35.8 Å². The van der Waals surface area contributed by atoms with Gasteiger partial charge in [0.15, 0.2) is 0 Å². The number of nitrogens with one attached hydrogen (secondary N) is 1. The van der Waals surface area contributed by atoms with Gasteiger partial charge in [-0.1, -0.05) is 25.4 Å². The molecule has 0 saturated heterocycles. The standard InChI is InChI=1S/C15H18BrClN2/c1-10-5-6-15(9-18,8-11(10)2)19-12-3-4-14(17)13(16)7-12/h3-4,7,10-11,19H,5-6,8H2,1-2H3. The Morgan fingerprint density at radius 2 is 2.16 bits per heavy atom. The number of nitrogens with zero attached hydrogens (tertiary/aromatic N) is 1. The van der Waals surface area contributed by atoms with Crippen LogP contribution in [0.2, 0.25) is 5.02 Å². The van der Waals surface area contributed by atoms with Crippen molar-refractivity contribution in [2.24, 2.45) is 11.8 Å². The highest BCUT2D eigenvalue weighted by Gasteiger charge is 2.38. The third kappa shape index (κ3) is 3.24. The quantitative estimate of drug-likeness (QED) is 0.799. The van der Waals surface area contributed by atoms with Crippen molar-refractivity contribution in [1.29, 1.82) is 5.26 Å². The minimum Gasteiger partial charge on any atom is -0.367 e. The Morgan fingerprint density at radius 1 is 1.42 bits per heavy atom. The first-order chi connectivity index (χ1) is 8.96. The van der Waals surface area contributed by atoms with Gasteiger partial charge in [0.2, 0.25) is 0 Å². The van der Waals surface area contributed by atoms with Gasteiger partial charge in [0, 0.05) is 10.2 Å². The van der Waals surface area contributed by atoms with Crippen LogP contribution in [-0.4, -0.2) is 5.54 Å². The van der Waals surface area contributed by atoms with Gasteiger partial charge in [-0.25, -0.2) is 0 Å². The van der Waals surface area contributed by atoms with Gasteiger partial charge in [0.05, 0.1) is 11.1 Å². The van der Waals surface area contributed by atoms with Crippen molar-refractivity contribution in [2.45, 2.75) is 38.6 Å². The highest BCUT2D eigenvalue weighted by molar-refractivity contribution is 9.10. The molecule has 1 aliphatic rings. The zero-order valence-corrected chi connectivity index (χ0v) is 13.6. The van der Waals surface area contributed by atoms with Crippen LogP contribution in [0.5, 0.6) is 0 Å². The Hall–Kier alpha value is -0.720. The molecular formula is C15H18BrClN2. The summed E-state index contributed by atoms with van der Waals surface area (Å²) in [6.07, 6.45) is 2.89. The molecule has 1 fully saturated rings. The predicted molar refractivity (Wildman–Crippen MR) is 83.3 cm³/mol. The monoisotopic (exact) mass is 340 g/mol. The Kier molecular flexibility index (Phi) is 4.43.